The van der Waals surface area contributed by atoms with Crippen LogP contribution >= 0.6 is 27.5 Å². The summed E-state index contributed by atoms with van der Waals surface area (Å²) in [5, 5.41) is -0.196. The van der Waals surface area contributed by atoms with Crippen molar-refractivity contribution in [1.82, 2.24) is 14.5 Å². The molecule has 2 aromatic heterocycles. The number of imidazole rings is 1. The molecule has 3 aromatic rings. The number of nitrogens with zero attached hydrogens (tertiary/aromatic N) is 3. The molecular formula is C16H15BrClN3. The monoisotopic (exact) mass is 363 g/mol. The molecule has 0 radical (unpaired) electrons. The molecule has 0 fully saturated rings. The van der Waals surface area contributed by atoms with E-state index in [1.807, 2.05) is 36.7 Å². The fraction of sp³-hybridized carbons (Fsp3) is 0.250. The Bertz CT molecular complexity index is 824. The smallest absolute Gasteiger partial charge is 0.164 e. The predicted octanol–water partition coefficient (Wildman–Crippen LogP) is 5.10. The number of rotatable bonds is 2. The first kappa shape index (κ1) is 14.5. The van der Waals surface area contributed by atoms with Gasteiger partial charge in [0.05, 0.1) is 11.1 Å². The predicted molar refractivity (Wildman–Crippen MR) is 90.3 cm³/mol. The minimum atomic E-state index is -0.196. The van der Waals surface area contributed by atoms with Crippen molar-refractivity contribution in [2.45, 2.75) is 26.1 Å². The van der Waals surface area contributed by atoms with Gasteiger partial charge in [0.1, 0.15) is 11.3 Å². The molecule has 0 spiro atoms. The minimum absolute atomic E-state index is 0.196. The minimum Gasteiger partial charge on any atom is -0.279 e. The van der Waals surface area contributed by atoms with Gasteiger partial charge in [0.2, 0.25) is 0 Å². The Morgan fingerprint density at radius 1 is 1.24 bits per heavy atom. The number of benzene rings is 1. The number of hydrogen-bond donors (Lipinski definition) is 0. The van der Waals surface area contributed by atoms with Crippen LogP contribution < -0.4 is 0 Å². The van der Waals surface area contributed by atoms with Gasteiger partial charge in [-0.2, -0.15) is 0 Å². The van der Waals surface area contributed by atoms with Crippen molar-refractivity contribution in [3.63, 3.8) is 0 Å². The maximum Gasteiger partial charge on any atom is 0.164 e. The molecule has 5 heteroatoms. The third-order valence-electron chi connectivity index (χ3n) is 3.43. The molecule has 21 heavy (non-hydrogen) atoms. The van der Waals surface area contributed by atoms with E-state index in [0.29, 0.717) is 0 Å². The fourth-order valence-corrected chi connectivity index (χ4v) is 2.91. The molecule has 3 nitrogen and oxygen atoms in total. The Hall–Kier alpha value is -1.39. The van der Waals surface area contributed by atoms with Crippen LogP contribution in [-0.4, -0.2) is 14.5 Å². The van der Waals surface area contributed by atoms with Crippen LogP contribution in [-0.2, 0) is 0 Å². The third kappa shape index (κ3) is 2.58. The van der Waals surface area contributed by atoms with Gasteiger partial charge in [-0.3, -0.25) is 4.57 Å². The number of aromatic nitrogens is 3. The van der Waals surface area contributed by atoms with E-state index in [2.05, 4.69) is 45.0 Å². The standard InChI is InChI=1S/C16H15BrClN3/c1-9-6-13-16(19-8-9)21(15(20-13)11(3)18)14-7-12(17)5-4-10(14)2/h4-8,11H,1-3H3. The van der Waals surface area contributed by atoms with Crippen molar-refractivity contribution in [3.8, 4) is 5.69 Å². The van der Waals surface area contributed by atoms with Crippen LogP contribution in [0.4, 0.5) is 0 Å². The molecule has 0 N–H and O–H groups in total. The Labute approximate surface area is 137 Å². The number of alkyl halides is 1. The highest BCUT2D eigenvalue weighted by Gasteiger charge is 2.18. The summed E-state index contributed by atoms with van der Waals surface area (Å²) in [5.41, 5.74) is 5.00. The zero-order valence-corrected chi connectivity index (χ0v) is 14.4. The normalized spacial score (nSPS) is 12.8. The Morgan fingerprint density at radius 3 is 2.71 bits per heavy atom. The van der Waals surface area contributed by atoms with Gasteiger partial charge >= 0.3 is 0 Å². The van der Waals surface area contributed by atoms with E-state index >= 15 is 0 Å². The fourth-order valence-electron chi connectivity index (χ4n) is 2.41. The summed E-state index contributed by atoms with van der Waals surface area (Å²) in [6, 6.07) is 8.21. The van der Waals surface area contributed by atoms with Gasteiger partial charge < -0.3 is 0 Å². The number of pyridine rings is 1. The lowest BCUT2D eigenvalue weighted by Gasteiger charge is -2.13. The average Bonchev–Trinajstić information content (AvgIpc) is 2.80. The van der Waals surface area contributed by atoms with Crippen molar-refractivity contribution in [1.29, 1.82) is 0 Å². The molecule has 0 saturated carbocycles. The van der Waals surface area contributed by atoms with Gasteiger partial charge in [-0.05, 0) is 50.1 Å². The van der Waals surface area contributed by atoms with Crippen molar-refractivity contribution in [3.05, 3.63) is 51.9 Å². The van der Waals surface area contributed by atoms with Crippen LogP contribution in [0.15, 0.2) is 34.9 Å². The van der Waals surface area contributed by atoms with Gasteiger partial charge in [-0.25, -0.2) is 9.97 Å². The molecular weight excluding hydrogens is 350 g/mol. The maximum absolute atomic E-state index is 6.34. The summed E-state index contributed by atoms with van der Waals surface area (Å²) in [6.45, 7) is 6.02. The van der Waals surface area contributed by atoms with Crippen LogP contribution in [0.25, 0.3) is 16.9 Å². The van der Waals surface area contributed by atoms with Crippen molar-refractivity contribution in [2.24, 2.45) is 0 Å². The molecule has 0 saturated heterocycles. The second-order valence-corrected chi connectivity index (χ2v) is 6.78. The van der Waals surface area contributed by atoms with Crippen LogP contribution in [0.1, 0.15) is 29.3 Å². The van der Waals surface area contributed by atoms with E-state index in [0.717, 1.165) is 38.3 Å². The summed E-state index contributed by atoms with van der Waals surface area (Å²) in [6.07, 6.45) is 1.86. The summed E-state index contributed by atoms with van der Waals surface area (Å²) in [5.74, 6) is 0.811. The zero-order valence-electron chi connectivity index (χ0n) is 12.1. The highest BCUT2D eigenvalue weighted by atomic mass is 79.9. The van der Waals surface area contributed by atoms with E-state index in [9.17, 15) is 0 Å². The Morgan fingerprint density at radius 2 is 2.00 bits per heavy atom. The molecule has 0 aliphatic carbocycles. The Kier molecular flexibility index (Phi) is 3.76. The molecule has 2 heterocycles. The molecule has 1 atom stereocenters. The van der Waals surface area contributed by atoms with Crippen molar-refractivity contribution < 1.29 is 0 Å². The van der Waals surface area contributed by atoms with Crippen molar-refractivity contribution in [2.75, 3.05) is 0 Å². The van der Waals surface area contributed by atoms with Crippen LogP contribution in [0.2, 0.25) is 0 Å². The van der Waals surface area contributed by atoms with Crippen molar-refractivity contribution >= 4 is 38.7 Å². The van der Waals surface area contributed by atoms with Crippen LogP contribution in [0.3, 0.4) is 0 Å². The molecule has 1 aromatic carbocycles. The SMILES string of the molecule is Cc1cnc2c(c1)nc(C(C)Cl)n2-c1cc(Br)ccc1C. The number of fused-ring (bicyclic) bond motifs is 1. The van der Waals surface area contributed by atoms with Gasteiger partial charge in [0, 0.05) is 10.7 Å². The number of hydrogen-bond acceptors (Lipinski definition) is 2. The highest BCUT2D eigenvalue weighted by molar-refractivity contribution is 9.10. The highest BCUT2D eigenvalue weighted by Crippen LogP contribution is 2.30. The van der Waals surface area contributed by atoms with E-state index in [1.165, 1.54) is 0 Å². The van der Waals surface area contributed by atoms with E-state index in [4.69, 9.17) is 11.6 Å². The molecule has 3 rings (SSSR count). The van der Waals surface area contributed by atoms with Gasteiger partial charge in [-0.1, -0.05) is 22.0 Å². The van der Waals surface area contributed by atoms with E-state index in [-0.39, 0.29) is 5.38 Å². The number of aryl methyl sites for hydroxylation is 2. The largest absolute Gasteiger partial charge is 0.279 e. The van der Waals surface area contributed by atoms with E-state index in [1.54, 1.807) is 0 Å². The van der Waals surface area contributed by atoms with Gasteiger partial charge in [0.15, 0.2) is 5.65 Å². The summed E-state index contributed by atoms with van der Waals surface area (Å²) in [7, 11) is 0. The summed E-state index contributed by atoms with van der Waals surface area (Å²) < 4.78 is 3.07. The molecule has 108 valence electrons. The third-order valence-corrected chi connectivity index (χ3v) is 4.12. The maximum atomic E-state index is 6.34. The molecule has 0 aliphatic rings. The zero-order chi connectivity index (χ0) is 15.1. The van der Waals surface area contributed by atoms with Gasteiger partial charge in [-0.15, -0.1) is 11.6 Å². The second-order valence-electron chi connectivity index (χ2n) is 5.21. The Balaban J connectivity index is 2.39. The first-order valence-electron chi connectivity index (χ1n) is 6.73. The lowest BCUT2D eigenvalue weighted by molar-refractivity contribution is 0.872. The first-order valence-corrected chi connectivity index (χ1v) is 7.96. The van der Waals surface area contributed by atoms with Crippen LogP contribution in [0, 0.1) is 13.8 Å². The molecule has 1 unspecified atom stereocenters. The first-order chi connectivity index (χ1) is 9.97. The molecule has 0 bridgehead atoms. The second kappa shape index (κ2) is 5.43. The number of halogens is 2. The quantitative estimate of drug-likeness (QED) is 0.592. The lowest BCUT2D eigenvalue weighted by atomic mass is 10.2. The molecule has 0 aliphatic heterocycles. The topological polar surface area (TPSA) is 30.7 Å². The lowest BCUT2D eigenvalue weighted by Crippen LogP contribution is -2.04. The van der Waals surface area contributed by atoms with E-state index < -0.39 is 0 Å². The summed E-state index contributed by atoms with van der Waals surface area (Å²) in [4.78, 5) is 9.23. The summed E-state index contributed by atoms with van der Waals surface area (Å²) >= 11 is 9.87. The average molecular weight is 365 g/mol. The van der Waals surface area contributed by atoms with Gasteiger partial charge in [0.25, 0.3) is 0 Å². The van der Waals surface area contributed by atoms with Crippen LogP contribution in [0.5, 0.6) is 0 Å². The molecule has 0 amide bonds.